The topological polar surface area (TPSA) is 38.5 Å². The fourth-order valence-electron chi connectivity index (χ4n) is 3.15. The van der Waals surface area contributed by atoms with Crippen LogP contribution in [0.15, 0.2) is 18.2 Å². The van der Waals surface area contributed by atoms with Crippen molar-refractivity contribution >= 4 is 17.2 Å². The van der Waals surface area contributed by atoms with Crippen LogP contribution in [0.1, 0.15) is 49.7 Å². The first-order valence-electron chi connectivity index (χ1n) is 7.78. The Morgan fingerprint density at radius 3 is 2.52 bits per heavy atom. The predicted octanol–water partition coefficient (Wildman–Crippen LogP) is 3.48. The third kappa shape index (κ3) is 4.42. The van der Waals surface area contributed by atoms with Crippen LogP contribution in [0.4, 0.5) is 0 Å². The van der Waals surface area contributed by atoms with E-state index in [0.717, 1.165) is 17.9 Å². The minimum absolute atomic E-state index is 0.385. The summed E-state index contributed by atoms with van der Waals surface area (Å²) in [4.78, 5) is 2.86. The summed E-state index contributed by atoms with van der Waals surface area (Å²) in [7, 11) is 3.89. The van der Waals surface area contributed by atoms with Crippen LogP contribution in [0.3, 0.4) is 0 Å². The highest BCUT2D eigenvalue weighted by atomic mass is 32.1. The number of nitrogens with two attached hydrogens (primary N) is 1. The lowest BCUT2D eigenvalue weighted by Gasteiger charge is -2.27. The molecule has 1 aromatic carbocycles. The Hall–Kier alpha value is -1.13. The Balaban J connectivity index is 2.06. The minimum Gasteiger partial charge on any atom is -0.496 e. The van der Waals surface area contributed by atoms with E-state index in [9.17, 15) is 0 Å². The van der Waals surface area contributed by atoms with Crippen LogP contribution in [0, 0.1) is 0 Å². The maximum Gasteiger partial charge on any atom is 0.129 e. The van der Waals surface area contributed by atoms with Crippen LogP contribution in [-0.2, 0) is 6.54 Å². The first-order chi connectivity index (χ1) is 10.1. The maximum absolute atomic E-state index is 5.72. The molecule has 3 nitrogen and oxygen atoms in total. The van der Waals surface area contributed by atoms with E-state index in [1.165, 1.54) is 44.1 Å². The van der Waals surface area contributed by atoms with Gasteiger partial charge in [-0.2, -0.15) is 0 Å². The van der Waals surface area contributed by atoms with E-state index in [1.807, 2.05) is 6.07 Å². The van der Waals surface area contributed by atoms with E-state index in [1.54, 1.807) is 7.11 Å². The van der Waals surface area contributed by atoms with Crippen LogP contribution < -0.4 is 10.5 Å². The molecule has 0 atom stereocenters. The van der Waals surface area contributed by atoms with Crippen LogP contribution >= 0.6 is 12.2 Å². The Labute approximate surface area is 133 Å². The van der Waals surface area contributed by atoms with E-state index in [4.69, 9.17) is 22.7 Å². The highest BCUT2D eigenvalue weighted by molar-refractivity contribution is 7.80. The highest BCUT2D eigenvalue weighted by Gasteiger charge is 2.17. The van der Waals surface area contributed by atoms with E-state index < -0.39 is 0 Å². The lowest BCUT2D eigenvalue weighted by molar-refractivity contribution is 0.213. The van der Waals surface area contributed by atoms with Crippen LogP contribution in [0.5, 0.6) is 5.75 Å². The number of nitrogens with zero attached hydrogens (tertiary/aromatic N) is 1. The number of thiocarbonyl (C=S) groups is 1. The number of rotatable bonds is 5. The van der Waals surface area contributed by atoms with Crippen molar-refractivity contribution in [2.45, 2.75) is 51.1 Å². The second-order valence-corrected chi connectivity index (χ2v) is 6.40. The van der Waals surface area contributed by atoms with Gasteiger partial charge in [-0.1, -0.05) is 44.0 Å². The van der Waals surface area contributed by atoms with Crippen LogP contribution in [-0.4, -0.2) is 30.1 Å². The molecule has 1 aliphatic rings. The van der Waals surface area contributed by atoms with E-state index in [0.29, 0.717) is 11.0 Å². The molecule has 1 aromatic rings. The minimum atomic E-state index is 0.385. The van der Waals surface area contributed by atoms with Gasteiger partial charge in [0.25, 0.3) is 0 Å². The van der Waals surface area contributed by atoms with Crippen molar-refractivity contribution in [1.82, 2.24) is 4.90 Å². The molecule has 2 rings (SSSR count). The summed E-state index contributed by atoms with van der Waals surface area (Å²) in [6.45, 7) is 0.943. The number of hydrogen-bond donors (Lipinski definition) is 1. The number of ether oxygens (including phenoxy) is 1. The van der Waals surface area contributed by atoms with Gasteiger partial charge in [-0.25, -0.2) is 0 Å². The van der Waals surface area contributed by atoms with Gasteiger partial charge in [0.1, 0.15) is 10.7 Å². The SMILES string of the molecule is COc1cc(CN(C)C2CCCCCC2)ccc1C(N)=S. The smallest absolute Gasteiger partial charge is 0.129 e. The summed E-state index contributed by atoms with van der Waals surface area (Å²) in [5.41, 5.74) is 7.78. The molecule has 0 saturated heterocycles. The summed E-state index contributed by atoms with van der Waals surface area (Å²) in [6.07, 6.45) is 8.14. The predicted molar refractivity (Wildman–Crippen MR) is 91.8 cm³/mol. The van der Waals surface area contributed by atoms with Gasteiger partial charge in [0.05, 0.1) is 12.7 Å². The quantitative estimate of drug-likeness (QED) is 0.667. The fraction of sp³-hybridized carbons (Fsp3) is 0.588. The Bertz CT molecular complexity index is 482. The molecule has 0 aliphatic heterocycles. The molecule has 0 aromatic heterocycles. The molecule has 0 unspecified atom stereocenters. The van der Waals surface area contributed by atoms with Gasteiger partial charge in [0.15, 0.2) is 0 Å². The Morgan fingerprint density at radius 1 is 1.29 bits per heavy atom. The zero-order valence-corrected chi connectivity index (χ0v) is 13.9. The molecule has 116 valence electrons. The number of methoxy groups -OCH3 is 1. The van der Waals surface area contributed by atoms with E-state index >= 15 is 0 Å². The third-order valence-corrected chi connectivity index (χ3v) is 4.63. The summed E-state index contributed by atoms with van der Waals surface area (Å²) in [5.74, 6) is 0.772. The average Bonchev–Trinajstić information content (AvgIpc) is 2.75. The molecule has 21 heavy (non-hydrogen) atoms. The molecule has 1 saturated carbocycles. The van der Waals surface area contributed by atoms with Gasteiger partial charge in [-0.15, -0.1) is 0 Å². The van der Waals surface area contributed by atoms with Gasteiger partial charge in [-0.3, -0.25) is 4.90 Å². The first kappa shape index (κ1) is 16.2. The molecule has 0 spiro atoms. The van der Waals surface area contributed by atoms with Gasteiger partial charge < -0.3 is 10.5 Å². The molecule has 1 fully saturated rings. The van der Waals surface area contributed by atoms with Crippen molar-refractivity contribution in [2.24, 2.45) is 5.73 Å². The third-order valence-electron chi connectivity index (χ3n) is 4.41. The molecule has 1 aliphatic carbocycles. The second-order valence-electron chi connectivity index (χ2n) is 5.96. The van der Waals surface area contributed by atoms with Gasteiger partial charge in [0.2, 0.25) is 0 Å². The van der Waals surface area contributed by atoms with Crippen molar-refractivity contribution in [1.29, 1.82) is 0 Å². The number of hydrogen-bond acceptors (Lipinski definition) is 3. The van der Waals surface area contributed by atoms with Crippen molar-refractivity contribution in [3.63, 3.8) is 0 Å². The summed E-state index contributed by atoms with van der Waals surface area (Å²) in [5, 5.41) is 0. The van der Waals surface area contributed by atoms with Gasteiger partial charge in [-0.05, 0) is 37.6 Å². The maximum atomic E-state index is 5.72. The Morgan fingerprint density at radius 2 is 1.95 bits per heavy atom. The normalized spacial score (nSPS) is 16.7. The summed E-state index contributed by atoms with van der Waals surface area (Å²) >= 11 is 5.05. The molecular formula is C17H26N2OS. The molecule has 4 heteroatoms. The highest BCUT2D eigenvalue weighted by Crippen LogP contribution is 2.24. The molecule has 0 heterocycles. The zero-order chi connectivity index (χ0) is 15.2. The lowest BCUT2D eigenvalue weighted by atomic mass is 10.1. The van der Waals surface area contributed by atoms with Crippen LogP contribution in [0.25, 0.3) is 0 Å². The fourth-order valence-corrected chi connectivity index (χ4v) is 3.32. The number of benzene rings is 1. The molecule has 0 radical (unpaired) electrons. The first-order valence-corrected chi connectivity index (χ1v) is 8.19. The van der Waals surface area contributed by atoms with E-state index in [-0.39, 0.29) is 0 Å². The van der Waals surface area contributed by atoms with Gasteiger partial charge >= 0.3 is 0 Å². The monoisotopic (exact) mass is 306 g/mol. The largest absolute Gasteiger partial charge is 0.496 e. The van der Waals surface area contributed by atoms with Crippen LogP contribution in [0.2, 0.25) is 0 Å². The van der Waals surface area contributed by atoms with Gasteiger partial charge in [0, 0.05) is 12.6 Å². The molecule has 0 amide bonds. The zero-order valence-electron chi connectivity index (χ0n) is 13.1. The molecular weight excluding hydrogens is 280 g/mol. The van der Waals surface area contributed by atoms with Crippen molar-refractivity contribution in [2.75, 3.05) is 14.2 Å². The average molecular weight is 306 g/mol. The standard InChI is InChI=1S/C17H26N2OS/c1-19(14-7-5-3-4-6-8-14)12-13-9-10-15(17(18)21)16(11-13)20-2/h9-11,14H,3-8,12H2,1-2H3,(H2,18,21). The van der Waals surface area contributed by atoms with Crippen molar-refractivity contribution in [3.8, 4) is 5.75 Å². The molecule has 0 bridgehead atoms. The molecule has 2 N–H and O–H groups in total. The van der Waals surface area contributed by atoms with Crippen molar-refractivity contribution in [3.05, 3.63) is 29.3 Å². The summed E-state index contributed by atoms with van der Waals surface area (Å²) in [6, 6.07) is 6.83. The summed E-state index contributed by atoms with van der Waals surface area (Å²) < 4.78 is 5.41. The van der Waals surface area contributed by atoms with Crippen molar-refractivity contribution < 1.29 is 4.74 Å². The van der Waals surface area contributed by atoms with E-state index in [2.05, 4.69) is 24.1 Å². The lowest BCUT2D eigenvalue weighted by Crippen LogP contribution is -2.30. The Kier molecular flexibility index (Phi) is 6.00. The second kappa shape index (κ2) is 7.76.